The van der Waals surface area contributed by atoms with E-state index in [2.05, 4.69) is 27.8 Å². The van der Waals surface area contributed by atoms with Crippen molar-refractivity contribution >= 4 is 47.4 Å². The molecule has 3 N–H and O–H groups in total. The van der Waals surface area contributed by atoms with E-state index in [-0.39, 0.29) is 41.9 Å². The van der Waals surface area contributed by atoms with E-state index < -0.39 is 0 Å². The third-order valence-electron chi connectivity index (χ3n) is 5.83. The van der Waals surface area contributed by atoms with Crippen LogP contribution in [0.25, 0.3) is 0 Å². The number of hydrogen-bond acceptors (Lipinski definition) is 4. The van der Waals surface area contributed by atoms with Gasteiger partial charge >= 0.3 is 0 Å². The first kappa shape index (κ1) is 26.4. The summed E-state index contributed by atoms with van der Waals surface area (Å²) in [6, 6.07) is 7.82. The van der Waals surface area contributed by atoms with Gasteiger partial charge in [-0.1, -0.05) is 12.1 Å². The molecule has 0 saturated carbocycles. The van der Waals surface area contributed by atoms with E-state index in [1.807, 2.05) is 24.3 Å². The Kier molecular flexibility index (Phi) is 11.2. The summed E-state index contributed by atoms with van der Waals surface area (Å²) in [5, 5.41) is 9.05. The number of nitrogens with zero attached hydrogens (tertiary/aromatic N) is 2. The molecular formula is C23H36IN5O3. The number of halogens is 1. The molecule has 2 amide bonds. The van der Waals surface area contributed by atoms with Crippen molar-refractivity contribution in [3.63, 3.8) is 0 Å². The number of amides is 2. The molecule has 1 aromatic rings. The van der Waals surface area contributed by atoms with E-state index in [9.17, 15) is 9.59 Å². The highest BCUT2D eigenvalue weighted by Crippen LogP contribution is 2.21. The molecule has 1 unspecified atom stereocenters. The van der Waals surface area contributed by atoms with E-state index in [4.69, 9.17) is 9.73 Å². The number of anilines is 1. The van der Waals surface area contributed by atoms with Crippen molar-refractivity contribution in [2.45, 2.75) is 51.7 Å². The first-order valence-electron chi connectivity index (χ1n) is 11.3. The summed E-state index contributed by atoms with van der Waals surface area (Å²) in [6.45, 7) is 5.84. The second-order valence-electron chi connectivity index (χ2n) is 8.17. The molecule has 0 bridgehead atoms. The standard InChI is InChI=1S/C23H35N5O3.HI/c1-3-25-23(28-11-9-17(10-12-28)15-21(29)24-2)26-16-18-6-4-7-19(14-18)27-22(30)20-8-5-13-31-20;/h4,6-7,14,17,20H,3,5,8-13,15-16H2,1-2H3,(H,24,29)(H,25,26)(H,27,30);1H. The smallest absolute Gasteiger partial charge is 0.253 e. The molecule has 3 rings (SSSR count). The first-order chi connectivity index (χ1) is 15.1. The number of likely N-dealkylation sites (tertiary alicyclic amines) is 1. The fourth-order valence-corrected chi connectivity index (χ4v) is 4.06. The predicted octanol–water partition coefficient (Wildman–Crippen LogP) is 2.74. The normalized spacial score (nSPS) is 19.2. The van der Waals surface area contributed by atoms with Crippen molar-refractivity contribution in [2.24, 2.45) is 10.9 Å². The summed E-state index contributed by atoms with van der Waals surface area (Å²) in [5.41, 5.74) is 1.81. The molecule has 2 aliphatic rings. The largest absolute Gasteiger partial charge is 0.368 e. The van der Waals surface area contributed by atoms with Crippen LogP contribution in [-0.4, -0.2) is 62.1 Å². The molecular weight excluding hydrogens is 521 g/mol. The number of nitrogens with one attached hydrogen (secondary N) is 3. The van der Waals surface area contributed by atoms with Gasteiger partial charge in [0.1, 0.15) is 6.10 Å². The van der Waals surface area contributed by atoms with Crippen LogP contribution in [0.1, 0.15) is 44.6 Å². The summed E-state index contributed by atoms with van der Waals surface area (Å²) in [4.78, 5) is 31.0. The maximum absolute atomic E-state index is 12.3. The van der Waals surface area contributed by atoms with E-state index in [0.29, 0.717) is 25.5 Å². The average molecular weight is 557 g/mol. The first-order valence-corrected chi connectivity index (χ1v) is 11.3. The minimum Gasteiger partial charge on any atom is -0.368 e. The van der Waals surface area contributed by atoms with Crippen molar-refractivity contribution in [2.75, 3.05) is 38.6 Å². The topological polar surface area (TPSA) is 95.1 Å². The monoisotopic (exact) mass is 557 g/mol. The quantitative estimate of drug-likeness (QED) is 0.273. The molecule has 1 atom stereocenters. The molecule has 2 fully saturated rings. The second kappa shape index (κ2) is 13.6. The average Bonchev–Trinajstić information content (AvgIpc) is 3.33. The third-order valence-corrected chi connectivity index (χ3v) is 5.83. The van der Waals surface area contributed by atoms with Gasteiger partial charge in [0.2, 0.25) is 5.91 Å². The Morgan fingerprint density at radius 3 is 2.66 bits per heavy atom. The van der Waals surface area contributed by atoms with Crippen LogP contribution in [-0.2, 0) is 20.9 Å². The molecule has 32 heavy (non-hydrogen) atoms. The minimum absolute atomic E-state index is 0. The van der Waals surface area contributed by atoms with Crippen LogP contribution in [0.4, 0.5) is 5.69 Å². The number of carbonyl (C=O) groups excluding carboxylic acids is 2. The van der Waals surface area contributed by atoms with Crippen molar-refractivity contribution in [3.05, 3.63) is 29.8 Å². The Labute approximate surface area is 208 Å². The van der Waals surface area contributed by atoms with Gasteiger partial charge in [0, 0.05) is 45.4 Å². The highest BCUT2D eigenvalue weighted by atomic mass is 127. The summed E-state index contributed by atoms with van der Waals surface area (Å²) >= 11 is 0. The second-order valence-corrected chi connectivity index (χ2v) is 8.17. The van der Waals surface area contributed by atoms with Gasteiger partial charge < -0.3 is 25.6 Å². The van der Waals surface area contributed by atoms with Gasteiger partial charge in [0.25, 0.3) is 5.91 Å². The SMILES string of the molecule is CCNC(=NCc1cccc(NC(=O)C2CCCO2)c1)N1CCC(CC(=O)NC)CC1.I. The summed E-state index contributed by atoms with van der Waals surface area (Å²) in [7, 11) is 1.69. The Balaban J connectivity index is 0.00000363. The fraction of sp³-hybridized carbons (Fsp3) is 0.609. The summed E-state index contributed by atoms with van der Waals surface area (Å²) < 4.78 is 5.46. The fourth-order valence-electron chi connectivity index (χ4n) is 4.06. The molecule has 178 valence electrons. The Bertz CT molecular complexity index is 775. The Morgan fingerprint density at radius 1 is 1.22 bits per heavy atom. The Hall–Kier alpha value is -1.88. The van der Waals surface area contributed by atoms with Gasteiger partial charge in [-0.15, -0.1) is 24.0 Å². The van der Waals surface area contributed by atoms with Crippen LogP contribution >= 0.6 is 24.0 Å². The molecule has 1 aromatic carbocycles. The van der Waals surface area contributed by atoms with Crippen LogP contribution in [0.5, 0.6) is 0 Å². The van der Waals surface area contributed by atoms with Gasteiger partial charge in [0.05, 0.1) is 6.54 Å². The zero-order chi connectivity index (χ0) is 22.1. The molecule has 0 aliphatic carbocycles. The lowest BCUT2D eigenvalue weighted by Gasteiger charge is -2.34. The molecule has 9 heteroatoms. The van der Waals surface area contributed by atoms with Gasteiger partial charge in [0.15, 0.2) is 5.96 Å². The van der Waals surface area contributed by atoms with Crippen LogP contribution in [0.3, 0.4) is 0 Å². The van der Waals surface area contributed by atoms with Crippen molar-refractivity contribution < 1.29 is 14.3 Å². The van der Waals surface area contributed by atoms with Crippen molar-refractivity contribution in [1.82, 2.24) is 15.5 Å². The van der Waals surface area contributed by atoms with Gasteiger partial charge in [-0.2, -0.15) is 0 Å². The van der Waals surface area contributed by atoms with Crippen molar-refractivity contribution in [3.8, 4) is 0 Å². The predicted molar refractivity (Wildman–Crippen MR) is 137 cm³/mol. The Morgan fingerprint density at radius 2 is 2.00 bits per heavy atom. The van der Waals surface area contributed by atoms with Crippen LogP contribution in [0.2, 0.25) is 0 Å². The summed E-state index contributed by atoms with van der Waals surface area (Å²) in [5.74, 6) is 1.37. The lowest BCUT2D eigenvalue weighted by atomic mass is 9.93. The van der Waals surface area contributed by atoms with E-state index in [1.54, 1.807) is 7.05 Å². The zero-order valence-corrected chi connectivity index (χ0v) is 21.4. The molecule has 0 aromatic heterocycles. The lowest BCUT2D eigenvalue weighted by Crippen LogP contribution is -2.46. The van der Waals surface area contributed by atoms with Gasteiger partial charge in [-0.3, -0.25) is 9.59 Å². The number of rotatable bonds is 7. The maximum Gasteiger partial charge on any atom is 0.253 e. The molecule has 8 nitrogen and oxygen atoms in total. The van der Waals surface area contributed by atoms with E-state index in [0.717, 1.165) is 62.5 Å². The van der Waals surface area contributed by atoms with E-state index in [1.165, 1.54) is 0 Å². The third kappa shape index (κ3) is 7.91. The number of carbonyl (C=O) groups is 2. The number of guanidine groups is 1. The van der Waals surface area contributed by atoms with Crippen LogP contribution in [0.15, 0.2) is 29.3 Å². The zero-order valence-electron chi connectivity index (χ0n) is 19.1. The highest BCUT2D eigenvalue weighted by Gasteiger charge is 2.24. The number of piperidine rings is 1. The minimum atomic E-state index is -0.339. The summed E-state index contributed by atoms with van der Waals surface area (Å²) in [6.07, 6.45) is 3.95. The van der Waals surface area contributed by atoms with E-state index >= 15 is 0 Å². The molecule has 0 spiro atoms. The molecule has 2 saturated heterocycles. The number of ether oxygens (including phenoxy) is 1. The number of benzene rings is 1. The van der Waals surface area contributed by atoms with Crippen LogP contribution in [0, 0.1) is 5.92 Å². The number of hydrogen-bond donors (Lipinski definition) is 3. The number of aliphatic imine (C=N–C) groups is 1. The van der Waals surface area contributed by atoms with Gasteiger partial charge in [-0.05, 0) is 56.2 Å². The molecule has 2 aliphatic heterocycles. The maximum atomic E-state index is 12.3. The van der Waals surface area contributed by atoms with Gasteiger partial charge in [-0.25, -0.2) is 4.99 Å². The van der Waals surface area contributed by atoms with Crippen LogP contribution < -0.4 is 16.0 Å². The molecule has 2 heterocycles. The lowest BCUT2D eigenvalue weighted by molar-refractivity contribution is -0.124. The van der Waals surface area contributed by atoms with Crippen molar-refractivity contribution in [1.29, 1.82) is 0 Å². The highest BCUT2D eigenvalue weighted by molar-refractivity contribution is 14.0. The molecule has 0 radical (unpaired) electrons.